The van der Waals surface area contributed by atoms with Crippen LogP contribution in [0.15, 0.2) is 30.6 Å². The summed E-state index contributed by atoms with van der Waals surface area (Å²) in [6, 6.07) is 4.24. The minimum absolute atomic E-state index is 0.0977. The van der Waals surface area contributed by atoms with Gasteiger partial charge in [0.2, 0.25) is 0 Å². The van der Waals surface area contributed by atoms with Gasteiger partial charge in [-0.2, -0.15) is 0 Å². The van der Waals surface area contributed by atoms with Crippen LogP contribution in [0.1, 0.15) is 31.8 Å². The Morgan fingerprint density at radius 2 is 1.95 bits per heavy atom. The fourth-order valence-corrected chi connectivity index (χ4v) is 1.91. The van der Waals surface area contributed by atoms with Crippen LogP contribution in [0.25, 0.3) is 0 Å². The smallest absolute Gasteiger partial charge is 0.336 e. The van der Waals surface area contributed by atoms with Crippen molar-refractivity contribution in [3.8, 4) is 0 Å². The molecular formula is C15H13FN2O3. The van der Waals surface area contributed by atoms with E-state index in [4.69, 9.17) is 5.11 Å². The first-order chi connectivity index (χ1) is 9.90. The number of nitrogens with zero attached hydrogens (tertiary/aromatic N) is 1. The largest absolute Gasteiger partial charge is 0.478 e. The zero-order valence-corrected chi connectivity index (χ0v) is 11.5. The molecule has 0 bridgehead atoms. The van der Waals surface area contributed by atoms with Crippen molar-refractivity contribution in [2.45, 2.75) is 13.8 Å². The summed E-state index contributed by atoms with van der Waals surface area (Å²) in [6.07, 6.45) is 2.25. The van der Waals surface area contributed by atoms with Gasteiger partial charge in [-0.25, -0.2) is 9.18 Å². The summed E-state index contributed by atoms with van der Waals surface area (Å²) in [5, 5.41) is 11.6. The molecule has 1 aromatic heterocycles. The lowest BCUT2D eigenvalue weighted by molar-refractivity contribution is 0.0695. The number of aromatic nitrogens is 1. The van der Waals surface area contributed by atoms with Crippen molar-refractivity contribution in [1.29, 1.82) is 0 Å². The highest BCUT2D eigenvalue weighted by Gasteiger charge is 2.15. The predicted molar refractivity (Wildman–Crippen MR) is 75.0 cm³/mol. The van der Waals surface area contributed by atoms with E-state index in [1.807, 2.05) is 0 Å². The topological polar surface area (TPSA) is 79.3 Å². The molecule has 2 aromatic rings. The first-order valence-corrected chi connectivity index (χ1v) is 6.15. The number of anilines is 1. The molecule has 1 aromatic carbocycles. The molecule has 0 fully saturated rings. The van der Waals surface area contributed by atoms with Crippen molar-refractivity contribution in [2.75, 3.05) is 5.32 Å². The van der Waals surface area contributed by atoms with Gasteiger partial charge in [0.15, 0.2) is 5.82 Å². The lowest BCUT2D eigenvalue weighted by Gasteiger charge is -2.11. The Morgan fingerprint density at radius 3 is 2.57 bits per heavy atom. The van der Waals surface area contributed by atoms with E-state index >= 15 is 0 Å². The number of benzene rings is 1. The number of nitrogens with one attached hydrogen (secondary N) is 1. The summed E-state index contributed by atoms with van der Waals surface area (Å²) in [5.74, 6) is -2.48. The zero-order chi connectivity index (χ0) is 15.6. The highest BCUT2D eigenvalue weighted by atomic mass is 19.1. The van der Waals surface area contributed by atoms with Crippen molar-refractivity contribution >= 4 is 17.6 Å². The maximum absolute atomic E-state index is 13.5. The van der Waals surface area contributed by atoms with E-state index in [9.17, 15) is 14.0 Å². The molecule has 0 aliphatic rings. The molecule has 0 radical (unpaired) electrons. The standard InChI is InChI=1S/C15H13FN2O3/c1-8-5-10(6-12(9(8)2)15(20)21)18-14(19)11-3-4-17-7-13(11)16/h3-7H,1-2H3,(H,18,19)(H,20,21). The van der Waals surface area contributed by atoms with E-state index < -0.39 is 17.7 Å². The van der Waals surface area contributed by atoms with Crippen molar-refractivity contribution < 1.29 is 19.1 Å². The van der Waals surface area contributed by atoms with Crippen LogP contribution in [-0.4, -0.2) is 22.0 Å². The number of carbonyl (C=O) groups is 2. The maximum Gasteiger partial charge on any atom is 0.336 e. The van der Waals surface area contributed by atoms with E-state index in [-0.39, 0.29) is 11.1 Å². The number of carboxylic acid groups (broad SMARTS) is 1. The third-order valence-corrected chi connectivity index (χ3v) is 3.17. The van der Waals surface area contributed by atoms with Gasteiger partial charge in [-0.15, -0.1) is 0 Å². The molecule has 5 nitrogen and oxygen atoms in total. The van der Waals surface area contributed by atoms with Gasteiger partial charge in [0.05, 0.1) is 17.3 Å². The molecule has 0 spiro atoms. The first kappa shape index (κ1) is 14.6. The quantitative estimate of drug-likeness (QED) is 0.910. The number of hydrogen-bond donors (Lipinski definition) is 2. The van der Waals surface area contributed by atoms with Crippen molar-refractivity contribution in [1.82, 2.24) is 4.98 Å². The molecule has 6 heteroatoms. The Bertz CT molecular complexity index is 729. The summed E-state index contributed by atoms with van der Waals surface area (Å²) >= 11 is 0. The Hall–Kier alpha value is -2.76. The third-order valence-electron chi connectivity index (χ3n) is 3.17. The molecule has 0 aliphatic carbocycles. The molecule has 0 atom stereocenters. The first-order valence-electron chi connectivity index (χ1n) is 6.15. The van der Waals surface area contributed by atoms with E-state index in [0.29, 0.717) is 11.3 Å². The van der Waals surface area contributed by atoms with E-state index in [0.717, 1.165) is 11.8 Å². The molecular weight excluding hydrogens is 275 g/mol. The van der Waals surface area contributed by atoms with Gasteiger partial charge >= 0.3 is 5.97 Å². The summed E-state index contributed by atoms with van der Waals surface area (Å²) in [4.78, 5) is 26.7. The molecule has 0 aliphatic heterocycles. The normalized spacial score (nSPS) is 10.2. The van der Waals surface area contributed by atoms with Crippen molar-refractivity contribution in [3.05, 3.63) is 58.7 Å². The zero-order valence-electron chi connectivity index (χ0n) is 11.5. The molecule has 21 heavy (non-hydrogen) atoms. The number of aromatic carboxylic acids is 1. The van der Waals surface area contributed by atoms with Gasteiger partial charge in [-0.1, -0.05) is 0 Å². The number of hydrogen-bond acceptors (Lipinski definition) is 3. The molecule has 2 rings (SSSR count). The van der Waals surface area contributed by atoms with Crippen molar-refractivity contribution in [2.24, 2.45) is 0 Å². The van der Waals surface area contributed by atoms with Gasteiger partial charge in [-0.05, 0) is 43.2 Å². The van der Waals surface area contributed by atoms with Gasteiger partial charge in [0.25, 0.3) is 5.91 Å². The highest BCUT2D eigenvalue weighted by molar-refractivity contribution is 6.05. The minimum Gasteiger partial charge on any atom is -0.478 e. The number of rotatable bonds is 3. The highest BCUT2D eigenvalue weighted by Crippen LogP contribution is 2.21. The number of pyridine rings is 1. The lowest BCUT2D eigenvalue weighted by Crippen LogP contribution is -2.15. The summed E-state index contributed by atoms with van der Waals surface area (Å²) in [6.45, 7) is 3.43. The lowest BCUT2D eigenvalue weighted by atomic mass is 10.0. The molecule has 0 unspecified atom stereocenters. The molecule has 1 heterocycles. The fourth-order valence-electron chi connectivity index (χ4n) is 1.91. The van der Waals surface area contributed by atoms with Gasteiger partial charge < -0.3 is 10.4 Å². The number of halogens is 1. The van der Waals surface area contributed by atoms with Crippen LogP contribution in [0.2, 0.25) is 0 Å². The van der Waals surface area contributed by atoms with Gasteiger partial charge in [-0.3, -0.25) is 9.78 Å². The molecule has 2 N–H and O–H groups in total. The maximum atomic E-state index is 13.5. The number of aryl methyl sites for hydroxylation is 1. The second kappa shape index (κ2) is 5.70. The van der Waals surface area contributed by atoms with Crippen LogP contribution >= 0.6 is 0 Å². The fraction of sp³-hybridized carbons (Fsp3) is 0.133. The second-order valence-electron chi connectivity index (χ2n) is 4.58. The summed E-state index contributed by atoms with van der Waals surface area (Å²) < 4.78 is 13.5. The van der Waals surface area contributed by atoms with Crippen molar-refractivity contribution in [3.63, 3.8) is 0 Å². The minimum atomic E-state index is -1.08. The number of carbonyl (C=O) groups excluding carboxylic acids is 1. The SMILES string of the molecule is Cc1cc(NC(=O)c2ccncc2F)cc(C(=O)O)c1C. The van der Waals surface area contributed by atoms with E-state index in [1.165, 1.54) is 18.3 Å². The molecule has 0 saturated heterocycles. The monoisotopic (exact) mass is 288 g/mol. The summed E-state index contributed by atoms with van der Waals surface area (Å²) in [7, 11) is 0. The van der Waals surface area contributed by atoms with Crippen LogP contribution < -0.4 is 5.32 Å². The van der Waals surface area contributed by atoms with Crippen LogP contribution in [-0.2, 0) is 0 Å². The average Bonchev–Trinajstić information content (AvgIpc) is 2.42. The number of amides is 1. The third kappa shape index (κ3) is 3.05. The predicted octanol–water partition coefficient (Wildman–Crippen LogP) is 2.79. The molecule has 0 saturated carbocycles. The van der Waals surface area contributed by atoms with E-state index in [2.05, 4.69) is 10.3 Å². The summed E-state index contributed by atoms with van der Waals surface area (Å²) in [5.41, 5.74) is 1.59. The van der Waals surface area contributed by atoms with Crippen LogP contribution in [0, 0.1) is 19.7 Å². The van der Waals surface area contributed by atoms with Gasteiger partial charge in [0.1, 0.15) is 0 Å². The van der Waals surface area contributed by atoms with Crippen LogP contribution in [0.4, 0.5) is 10.1 Å². The Morgan fingerprint density at radius 1 is 1.24 bits per heavy atom. The Labute approximate surface area is 120 Å². The van der Waals surface area contributed by atoms with E-state index in [1.54, 1.807) is 19.9 Å². The van der Waals surface area contributed by atoms with Crippen LogP contribution in [0.3, 0.4) is 0 Å². The number of carboxylic acids is 1. The molecule has 1 amide bonds. The van der Waals surface area contributed by atoms with Gasteiger partial charge in [0, 0.05) is 11.9 Å². The molecule has 108 valence electrons. The average molecular weight is 288 g/mol. The van der Waals surface area contributed by atoms with Crippen LogP contribution in [0.5, 0.6) is 0 Å². The Balaban J connectivity index is 2.34. The Kier molecular flexibility index (Phi) is 3.98. The second-order valence-corrected chi connectivity index (χ2v) is 4.58.